The molecule has 28 heavy (non-hydrogen) atoms. The van der Waals surface area contributed by atoms with Crippen molar-refractivity contribution in [3.05, 3.63) is 59.1 Å². The molecule has 0 saturated carbocycles. The highest BCUT2D eigenvalue weighted by Gasteiger charge is 2.21. The van der Waals surface area contributed by atoms with Gasteiger partial charge in [0.25, 0.3) is 0 Å². The maximum absolute atomic E-state index is 12.5. The fourth-order valence-electron chi connectivity index (χ4n) is 3.12. The van der Waals surface area contributed by atoms with Crippen LogP contribution in [0.4, 0.5) is 5.69 Å². The van der Waals surface area contributed by atoms with Crippen molar-refractivity contribution in [3.63, 3.8) is 0 Å². The number of benzene rings is 2. The first-order valence-corrected chi connectivity index (χ1v) is 10.6. The SMILES string of the molecule is CC(=O)Nc1ccc(SCC(=O)N2CCN(Cc3cccc(Cl)c3)CC2)cc1. The van der Waals surface area contributed by atoms with Crippen LogP contribution in [-0.4, -0.2) is 53.5 Å². The molecule has 2 amide bonds. The quantitative estimate of drug-likeness (QED) is 0.727. The molecule has 1 fully saturated rings. The first kappa shape index (κ1) is 20.7. The fourth-order valence-corrected chi connectivity index (χ4v) is 4.14. The Balaban J connectivity index is 1.42. The number of anilines is 1. The Morgan fingerprint density at radius 3 is 2.43 bits per heavy atom. The smallest absolute Gasteiger partial charge is 0.233 e. The number of rotatable bonds is 6. The van der Waals surface area contributed by atoms with Gasteiger partial charge in [-0.25, -0.2) is 0 Å². The number of amides is 2. The van der Waals surface area contributed by atoms with Crippen LogP contribution in [0.25, 0.3) is 0 Å². The number of nitrogens with one attached hydrogen (secondary N) is 1. The summed E-state index contributed by atoms with van der Waals surface area (Å²) in [4.78, 5) is 28.9. The van der Waals surface area contributed by atoms with Crippen molar-refractivity contribution in [1.82, 2.24) is 9.80 Å². The van der Waals surface area contributed by atoms with Gasteiger partial charge in [-0.3, -0.25) is 14.5 Å². The predicted molar refractivity (Wildman–Crippen MR) is 115 cm³/mol. The fraction of sp³-hybridized carbons (Fsp3) is 0.333. The van der Waals surface area contributed by atoms with Gasteiger partial charge in [-0.05, 0) is 42.0 Å². The number of hydrogen-bond acceptors (Lipinski definition) is 4. The Labute approximate surface area is 175 Å². The summed E-state index contributed by atoms with van der Waals surface area (Å²) in [7, 11) is 0. The van der Waals surface area contributed by atoms with Crippen molar-refractivity contribution in [2.24, 2.45) is 0 Å². The number of carbonyl (C=O) groups excluding carboxylic acids is 2. The summed E-state index contributed by atoms with van der Waals surface area (Å²) in [5.41, 5.74) is 1.96. The van der Waals surface area contributed by atoms with Crippen molar-refractivity contribution in [1.29, 1.82) is 0 Å². The van der Waals surface area contributed by atoms with Gasteiger partial charge in [0.05, 0.1) is 5.75 Å². The van der Waals surface area contributed by atoms with E-state index in [4.69, 9.17) is 11.6 Å². The Kier molecular flexibility index (Phi) is 7.36. The molecule has 7 heteroatoms. The molecule has 0 atom stereocenters. The summed E-state index contributed by atoms with van der Waals surface area (Å²) in [5.74, 6) is 0.497. The van der Waals surface area contributed by atoms with Gasteiger partial charge in [0.15, 0.2) is 0 Å². The number of hydrogen-bond donors (Lipinski definition) is 1. The minimum Gasteiger partial charge on any atom is -0.339 e. The Hall–Kier alpha value is -2.02. The maximum atomic E-state index is 12.5. The van der Waals surface area contributed by atoms with Gasteiger partial charge < -0.3 is 10.2 Å². The van der Waals surface area contributed by atoms with Gasteiger partial charge >= 0.3 is 0 Å². The lowest BCUT2D eigenvalue weighted by atomic mass is 10.2. The van der Waals surface area contributed by atoms with Crippen LogP contribution in [0.15, 0.2) is 53.4 Å². The number of carbonyl (C=O) groups is 2. The van der Waals surface area contributed by atoms with Crippen LogP contribution in [0, 0.1) is 0 Å². The highest BCUT2D eigenvalue weighted by atomic mass is 35.5. The van der Waals surface area contributed by atoms with Crippen molar-refractivity contribution < 1.29 is 9.59 Å². The third-order valence-electron chi connectivity index (χ3n) is 4.56. The van der Waals surface area contributed by atoms with Crippen LogP contribution < -0.4 is 5.32 Å². The lowest BCUT2D eigenvalue weighted by Gasteiger charge is -2.34. The van der Waals surface area contributed by atoms with E-state index in [0.717, 1.165) is 48.3 Å². The topological polar surface area (TPSA) is 52.7 Å². The lowest BCUT2D eigenvalue weighted by Crippen LogP contribution is -2.48. The molecule has 0 spiro atoms. The number of nitrogens with zero attached hydrogens (tertiary/aromatic N) is 2. The summed E-state index contributed by atoms with van der Waals surface area (Å²) < 4.78 is 0. The van der Waals surface area contributed by atoms with E-state index in [1.807, 2.05) is 47.4 Å². The minimum absolute atomic E-state index is 0.0925. The average Bonchev–Trinajstić information content (AvgIpc) is 2.67. The van der Waals surface area contributed by atoms with E-state index < -0.39 is 0 Å². The molecule has 1 aliphatic heterocycles. The van der Waals surface area contributed by atoms with Crippen molar-refractivity contribution in [3.8, 4) is 0 Å². The average molecular weight is 418 g/mol. The number of halogens is 1. The normalized spacial score (nSPS) is 14.7. The molecule has 1 heterocycles. The predicted octanol–water partition coefficient (Wildman–Crippen LogP) is 3.73. The van der Waals surface area contributed by atoms with Crippen LogP contribution >= 0.6 is 23.4 Å². The molecule has 0 unspecified atom stereocenters. The highest BCUT2D eigenvalue weighted by Crippen LogP contribution is 2.21. The molecule has 3 rings (SSSR count). The van der Waals surface area contributed by atoms with Gasteiger partial charge in [-0.15, -0.1) is 11.8 Å². The molecule has 2 aromatic rings. The molecule has 0 radical (unpaired) electrons. The molecule has 1 aliphatic rings. The van der Waals surface area contributed by atoms with Crippen molar-refractivity contribution in [2.45, 2.75) is 18.4 Å². The Bertz CT molecular complexity index is 821. The van der Waals surface area contributed by atoms with Gasteiger partial charge in [0.1, 0.15) is 0 Å². The van der Waals surface area contributed by atoms with Gasteiger partial charge in [-0.1, -0.05) is 23.7 Å². The Morgan fingerprint density at radius 1 is 1.07 bits per heavy atom. The van der Waals surface area contributed by atoms with E-state index >= 15 is 0 Å². The van der Waals surface area contributed by atoms with Gasteiger partial charge in [0, 0.05) is 55.3 Å². The van der Waals surface area contributed by atoms with E-state index in [9.17, 15) is 9.59 Å². The van der Waals surface area contributed by atoms with E-state index in [-0.39, 0.29) is 11.8 Å². The van der Waals surface area contributed by atoms with E-state index in [2.05, 4.69) is 16.3 Å². The highest BCUT2D eigenvalue weighted by molar-refractivity contribution is 8.00. The summed E-state index contributed by atoms with van der Waals surface area (Å²) in [6.45, 7) is 5.58. The lowest BCUT2D eigenvalue weighted by molar-refractivity contribution is -0.130. The second-order valence-electron chi connectivity index (χ2n) is 6.78. The molecule has 1 saturated heterocycles. The molecule has 148 valence electrons. The second kappa shape index (κ2) is 9.96. The second-order valence-corrected chi connectivity index (χ2v) is 8.27. The molecule has 0 aromatic heterocycles. The molecule has 5 nitrogen and oxygen atoms in total. The van der Waals surface area contributed by atoms with Crippen molar-refractivity contribution >= 4 is 40.9 Å². The standard InChI is InChI=1S/C21H24ClN3O2S/c1-16(26)23-19-5-7-20(8-6-19)28-15-21(27)25-11-9-24(10-12-25)14-17-3-2-4-18(22)13-17/h2-8,13H,9-12,14-15H2,1H3,(H,23,26). The molecular formula is C21H24ClN3O2S. The minimum atomic E-state index is -0.0925. The number of thioether (sulfide) groups is 1. The summed E-state index contributed by atoms with van der Waals surface area (Å²) in [6, 6.07) is 15.5. The summed E-state index contributed by atoms with van der Waals surface area (Å²) >= 11 is 7.57. The molecule has 0 aliphatic carbocycles. The Morgan fingerprint density at radius 2 is 1.79 bits per heavy atom. The largest absolute Gasteiger partial charge is 0.339 e. The monoisotopic (exact) mass is 417 g/mol. The van der Waals surface area contributed by atoms with E-state index in [0.29, 0.717) is 5.75 Å². The first-order chi connectivity index (χ1) is 13.5. The molecule has 2 aromatic carbocycles. The molecule has 0 bridgehead atoms. The third-order valence-corrected chi connectivity index (χ3v) is 5.79. The van der Waals surface area contributed by atoms with Gasteiger partial charge in [-0.2, -0.15) is 0 Å². The van der Waals surface area contributed by atoms with Crippen LogP contribution in [-0.2, 0) is 16.1 Å². The van der Waals surface area contributed by atoms with Gasteiger partial charge in [0.2, 0.25) is 11.8 Å². The van der Waals surface area contributed by atoms with E-state index in [1.165, 1.54) is 24.2 Å². The zero-order valence-corrected chi connectivity index (χ0v) is 17.4. The van der Waals surface area contributed by atoms with E-state index in [1.54, 1.807) is 0 Å². The van der Waals surface area contributed by atoms with Crippen LogP contribution in [0.2, 0.25) is 5.02 Å². The molecular weight excluding hydrogens is 394 g/mol. The first-order valence-electron chi connectivity index (χ1n) is 9.24. The van der Waals surface area contributed by atoms with Crippen LogP contribution in [0.3, 0.4) is 0 Å². The van der Waals surface area contributed by atoms with Crippen LogP contribution in [0.1, 0.15) is 12.5 Å². The number of piperazine rings is 1. The summed E-state index contributed by atoms with van der Waals surface area (Å²) in [5, 5.41) is 3.50. The third kappa shape index (κ3) is 6.26. The maximum Gasteiger partial charge on any atom is 0.233 e. The van der Waals surface area contributed by atoms with Crippen LogP contribution in [0.5, 0.6) is 0 Å². The zero-order valence-electron chi connectivity index (χ0n) is 15.9. The molecule has 1 N–H and O–H groups in total. The summed E-state index contributed by atoms with van der Waals surface area (Å²) in [6.07, 6.45) is 0. The zero-order chi connectivity index (χ0) is 19.9. The van der Waals surface area contributed by atoms with Crippen molar-refractivity contribution in [2.75, 3.05) is 37.2 Å².